The van der Waals surface area contributed by atoms with Crippen molar-refractivity contribution in [1.29, 1.82) is 0 Å². The molecule has 0 aliphatic carbocycles. The highest BCUT2D eigenvalue weighted by Gasteiger charge is 2.21. The lowest BCUT2D eigenvalue weighted by Gasteiger charge is -2.16. The van der Waals surface area contributed by atoms with Gasteiger partial charge in [-0.3, -0.25) is 0 Å². The minimum atomic E-state index is 0.875. The number of hydrogen-bond acceptors (Lipinski definition) is 2. The summed E-state index contributed by atoms with van der Waals surface area (Å²) in [5, 5.41) is 12.9. The van der Waals surface area contributed by atoms with Crippen LogP contribution in [0.15, 0.2) is 179 Å². The predicted molar refractivity (Wildman–Crippen MR) is 210 cm³/mol. The lowest BCUT2D eigenvalue weighted by atomic mass is 9.87. The van der Waals surface area contributed by atoms with E-state index in [1.54, 1.807) is 0 Å². The van der Waals surface area contributed by atoms with Crippen molar-refractivity contribution in [2.75, 3.05) is 0 Å². The minimum Gasteiger partial charge on any atom is -0.456 e. The van der Waals surface area contributed by atoms with Crippen molar-refractivity contribution in [3.8, 4) is 33.6 Å². The van der Waals surface area contributed by atoms with Crippen molar-refractivity contribution in [3.05, 3.63) is 170 Å². The maximum Gasteiger partial charge on any atom is 0.136 e. The van der Waals surface area contributed by atoms with Gasteiger partial charge in [-0.2, -0.15) is 0 Å². The Kier molecular flexibility index (Phi) is 5.70. The summed E-state index contributed by atoms with van der Waals surface area (Å²) in [4.78, 5) is 0. The first-order valence-electron chi connectivity index (χ1n) is 17.1. The molecule has 2 heterocycles. The van der Waals surface area contributed by atoms with Crippen LogP contribution in [0.3, 0.4) is 0 Å². The van der Waals surface area contributed by atoms with Crippen molar-refractivity contribution in [1.82, 2.24) is 0 Å². The fraction of sp³-hybridized carbons (Fsp3) is 0. The summed E-state index contributed by atoms with van der Waals surface area (Å²) < 4.78 is 13.2. The number of furan rings is 2. The molecule has 2 aromatic heterocycles. The van der Waals surface area contributed by atoms with Gasteiger partial charge >= 0.3 is 0 Å². The van der Waals surface area contributed by atoms with Gasteiger partial charge in [0.1, 0.15) is 22.5 Å². The van der Waals surface area contributed by atoms with E-state index in [-0.39, 0.29) is 0 Å². The molecule has 0 N–H and O–H groups in total. The van der Waals surface area contributed by atoms with E-state index in [1.165, 1.54) is 49.0 Å². The quantitative estimate of drug-likeness (QED) is 0.180. The number of benzene rings is 9. The Morgan fingerprint density at radius 1 is 0.280 bits per heavy atom. The van der Waals surface area contributed by atoms with Gasteiger partial charge in [0.15, 0.2) is 0 Å². The molecule has 0 unspecified atom stereocenters. The average Bonchev–Trinajstić information content (AvgIpc) is 3.77. The lowest BCUT2D eigenvalue weighted by Crippen LogP contribution is -1.90. The first-order valence-corrected chi connectivity index (χ1v) is 17.1. The van der Waals surface area contributed by atoms with E-state index in [0.717, 1.165) is 60.6 Å². The summed E-state index contributed by atoms with van der Waals surface area (Å²) in [5.74, 6) is 0.875. The van der Waals surface area contributed by atoms with Gasteiger partial charge in [0.2, 0.25) is 0 Å². The summed E-state index contributed by atoms with van der Waals surface area (Å²) >= 11 is 0. The molecule has 11 rings (SSSR count). The van der Waals surface area contributed by atoms with Crippen LogP contribution in [0.1, 0.15) is 0 Å². The van der Waals surface area contributed by atoms with Crippen molar-refractivity contribution in [3.63, 3.8) is 0 Å². The second kappa shape index (κ2) is 10.4. The molecule has 232 valence electrons. The Hall–Kier alpha value is -6.64. The van der Waals surface area contributed by atoms with Crippen molar-refractivity contribution >= 4 is 76.0 Å². The molecule has 0 amide bonds. The molecule has 11 aromatic rings. The first-order chi connectivity index (χ1) is 24.8. The molecule has 0 bridgehead atoms. The Morgan fingerprint density at radius 3 is 1.62 bits per heavy atom. The molecule has 2 nitrogen and oxygen atoms in total. The van der Waals surface area contributed by atoms with Crippen LogP contribution in [0, 0.1) is 0 Å². The fourth-order valence-electron chi connectivity index (χ4n) is 8.19. The van der Waals surface area contributed by atoms with E-state index in [0.29, 0.717) is 0 Å². The van der Waals surface area contributed by atoms with Crippen LogP contribution in [0.4, 0.5) is 0 Å². The Morgan fingerprint density at radius 2 is 0.860 bits per heavy atom. The SMILES string of the molecule is c1ccc(-c2cccc3c2ccc2oc(-c4c5ccccc5c(-c5ccc6oc7cc8ccccc8cc7c6c5)c5ccccc45)cc23)cc1. The average molecular weight is 637 g/mol. The second-order valence-corrected chi connectivity index (χ2v) is 13.2. The minimum absolute atomic E-state index is 0.875. The van der Waals surface area contributed by atoms with Crippen LogP contribution in [0.5, 0.6) is 0 Å². The molecule has 0 aliphatic rings. The third kappa shape index (κ3) is 3.96. The zero-order valence-corrected chi connectivity index (χ0v) is 27.0. The van der Waals surface area contributed by atoms with Crippen molar-refractivity contribution < 1.29 is 8.83 Å². The predicted octanol–water partition coefficient (Wildman–Crippen LogP) is 13.9. The molecule has 0 spiro atoms. The molecule has 9 aromatic carbocycles. The van der Waals surface area contributed by atoms with Gasteiger partial charge < -0.3 is 8.83 Å². The lowest BCUT2D eigenvalue weighted by molar-refractivity contribution is 0.633. The molecule has 0 fully saturated rings. The van der Waals surface area contributed by atoms with Crippen LogP contribution < -0.4 is 0 Å². The molecule has 0 atom stereocenters. The van der Waals surface area contributed by atoms with Crippen LogP contribution in [-0.2, 0) is 0 Å². The first kappa shape index (κ1) is 27.3. The highest BCUT2D eigenvalue weighted by molar-refractivity contribution is 6.23. The molecule has 0 aliphatic heterocycles. The molecular formula is C48H28O2. The number of rotatable bonds is 3. The Balaban J connectivity index is 1.16. The molecule has 0 radical (unpaired) electrons. The van der Waals surface area contributed by atoms with Gasteiger partial charge in [-0.25, -0.2) is 0 Å². The number of fused-ring (bicyclic) bond motifs is 9. The van der Waals surface area contributed by atoms with Crippen molar-refractivity contribution in [2.45, 2.75) is 0 Å². The van der Waals surface area contributed by atoms with Gasteiger partial charge in [-0.15, -0.1) is 0 Å². The van der Waals surface area contributed by atoms with E-state index < -0.39 is 0 Å². The smallest absolute Gasteiger partial charge is 0.136 e. The number of hydrogen-bond donors (Lipinski definition) is 0. The molecular weight excluding hydrogens is 609 g/mol. The standard InChI is InChI=1S/C48H28O2/c1-2-11-29(12-3-1)33-19-10-20-34-35(33)22-24-44-42(34)28-46(50-44)48-38-17-8-6-15-36(38)47(37-16-7-9-18-39(37)48)32-21-23-43-40(26-32)41-25-30-13-4-5-14-31(30)27-45(41)49-43/h1-28H. The van der Waals surface area contributed by atoms with Gasteiger partial charge in [0.25, 0.3) is 0 Å². The zero-order valence-electron chi connectivity index (χ0n) is 27.0. The zero-order chi connectivity index (χ0) is 32.8. The largest absolute Gasteiger partial charge is 0.456 e. The van der Waals surface area contributed by atoms with Gasteiger partial charge in [0, 0.05) is 21.7 Å². The molecule has 0 saturated carbocycles. The normalized spacial score (nSPS) is 12.0. The Labute approximate surface area is 287 Å². The van der Waals surface area contributed by atoms with Crippen molar-refractivity contribution in [2.24, 2.45) is 0 Å². The second-order valence-electron chi connectivity index (χ2n) is 13.2. The molecule has 2 heteroatoms. The van der Waals surface area contributed by atoms with Crippen LogP contribution >= 0.6 is 0 Å². The van der Waals surface area contributed by atoms with Gasteiger partial charge in [-0.1, -0.05) is 133 Å². The van der Waals surface area contributed by atoms with Crippen LogP contribution in [0.2, 0.25) is 0 Å². The topological polar surface area (TPSA) is 26.3 Å². The third-order valence-electron chi connectivity index (χ3n) is 10.4. The van der Waals surface area contributed by atoms with Crippen LogP contribution in [0.25, 0.3) is 110 Å². The van der Waals surface area contributed by atoms with Crippen LogP contribution in [-0.4, -0.2) is 0 Å². The highest BCUT2D eigenvalue weighted by Crippen LogP contribution is 2.46. The maximum atomic E-state index is 6.79. The fourth-order valence-corrected chi connectivity index (χ4v) is 8.19. The van der Waals surface area contributed by atoms with E-state index in [4.69, 9.17) is 8.83 Å². The van der Waals surface area contributed by atoms with E-state index in [2.05, 4.69) is 170 Å². The highest BCUT2D eigenvalue weighted by atomic mass is 16.3. The molecule has 50 heavy (non-hydrogen) atoms. The van der Waals surface area contributed by atoms with E-state index >= 15 is 0 Å². The maximum absolute atomic E-state index is 6.79. The van der Waals surface area contributed by atoms with Gasteiger partial charge in [-0.05, 0) is 102 Å². The Bertz CT molecular complexity index is 3080. The summed E-state index contributed by atoms with van der Waals surface area (Å²) in [6, 6.07) is 60.8. The monoisotopic (exact) mass is 636 g/mol. The molecule has 0 saturated heterocycles. The summed E-state index contributed by atoms with van der Waals surface area (Å²) in [7, 11) is 0. The third-order valence-corrected chi connectivity index (χ3v) is 10.4. The summed E-state index contributed by atoms with van der Waals surface area (Å²) in [6.07, 6.45) is 0. The van der Waals surface area contributed by atoms with Gasteiger partial charge in [0.05, 0.1) is 0 Å². The van der Waals surface area contributed by atoms with E-state index in [1.807, 2.05) is 0 Å². The summed E-state index contributed by atoms with van der Waals surface area (Å²) in [6.45, 7) is 0. The summed E-state index contributed by atoms with van der Waals surface area (Å²) in [5.41, 5.74) is 8.63. The van der Waals surface area contributed by atoms with E-state index in [9.17, 15) is 0 Å².